The number of hydrogen-bond acceptors (Lipinski definition) is 3. The molecule has 0 atom stereocenters. The van der Waals surface area contributed by atoms with E-state index >= 15 is 0 Å². The molecule has 1 aliphatic rings. The van der Waals surface area contributed by atoms with Crippen molar-refractivity contribution in [2.24, 2.45) is 0 Å². The fourth-order valence-corrected chi connectivity index (χ4v) is 1.67. The third kappa shape index (κ3) is 5.39. The van der Waals surface area contributed by atoms with Gasteiger partial charge in [-0.3, -0.25) is 0 Å². The van der Waals surface area contributed by atoms with Crippen molar-refractivity contribution in [3.63, 3.8) is 0 Å². The van der Waals surface area contributed by atoms with Crippen LogP contribution in [-0.2, 0) is 0 Å². The highest BCUT2D eigenvalue weighted by molar-refractivity contribution is 9.10. The minimum Gasteiger partial charge on any atom is -0.367 e. The largest absolute Gasteiger partial charge is 0.367 e. The fraction of sp³-hybridized carbons (Fsp3) is 0.333. The van der Waals surface area contributed by atoms with Crippen LogP contribution in [0.15, 0.2) is 41.3 Å². The highest BCUT2D eigenvalue weighted by Crippen LogP contribution is 2.23. The van der Waals surface area contributed by atoms with Crippen molar-refractivity contribution in [1.29, 1.82) is 0 Å². The normalized spacial score (nSPS) is 13.4. The molecule has 0 spiro atoms. The molecule has 4 heteroatoms. The third-order valence-corrected chi connectivity index (χ3v) is 3.19. The van der Waals surface area contributed by atoms with E-state index in [1.165, 1.54) is 24.0 Å². The van der Waals surface area contributed by atoms with Crippen molar-refractivity contribution >= 4 is 21.7 Å². The summed E-state index contributed by atoms with van der Waals surface area (Å²) in [6, 6.07) is 8.75. The van der Waals surface area contributed by atoms with E-state index in [9.17, 15) is 0 Å². The molecule has 0 unspecified atom stereocenters. The van der Waals surface area contributed by atoms with Gasteiger partial charge in [0.2, 0.25) is 0 Å². The van der Waals surface area contributed by atoms with Crippen LogP contribution in [0.4, 0.5) is 5.82 Å². The lowest BCUT2D eigenvalue weighted by Crippen LogP contribution is -2.02. The van der Waals surface area contributed by atoms with Crippen molar-refractivity contribution in [2.45, 2.75) is 32.7 Å². The van der Waals surface area contributed by atoms with Crippen LogP contribution in [0.2, 0.25) is 0 Å². The topological polar surface area (TPSA) is 37.8 Å². The first-order chi connectivity index (χ1) is 9.13. The van der Waals surface area contributed by atoms with E-state index < -0.39 is 0 Å². The molecule has 0 radical (unpaired) electrons. The van der Waals surface area contributed by atoms with Gasteiger partial charge in [0.1, 0.15) is 10.4 Å². The van der Waals surface area contributed by atoms with Crippen LogP contribution in [0, 0.1) is 13.8 Å². The molecule has 100 valence electrons. The number of nitrogens with one attached hydrogen (secondary N) is 1. The van der Waals surface area contributed by atoms with Crippen LogP contribution in [0.3, 0.4) is 0 Å². The lowest BCUT2D eigenvalue weighted by atomic mass is 10.3. The van der Waals surface area contributed by atoms with Crippen molar-refractivity contribution in [2.75, 3.05) is 5.32 Å². The molecule has 2 heterocycles. The molecule has 1 saturated carbocycles. The van der Waals surface area contributed by atoms with Gasteiger partial charge in [0.15, 0.2) is 0 Å². The van der Waals surface area contributed by atoms with E-state index in [1.54, 1.807) is 0 Å². The highest BCUT2D eigenvalue weighted by atomic mass is 79.9. The van der Waals surface area contributed by atoms with Crippen LogP contribution in [0.1, 0.15) is 24.0 Å². The number of pyridine rings is 2. The predicted octanol–water partition coefficient (Wildman–Crippen LogP) is 4.12. The molecule has 0 saturated heterocycles. The van der Waals surface area contributed by atoms with Crippen molar-refractivity contribution < 1.29 is 0 Å². The first-order valence-corrected chi connectivity index (χ1v) is 7.20. The Morgan fingerprint density at radius 3 is 2.05 bits per heavy atom. The molecule has 0 amide bonds. The summed E-state index contributed by atoms with van der Waals surface area (Å²) in [7, 11) is 0. The molecule has 19 heavy (non-hydrogen) atoms. The molecule has 0 aromatic carbocycles. The first-order valence-electron chi connectivity index (χ1n) is 6.41. The van der Waals surface area contributed by atoms with Gasteiger partial charge in [-0.2, -0.15) is 0 Å². The second-order valence-corrected chi connectivity index (χ2v) is 5.61. The quantitative estimate of drug-likeness (QED) is 0.846. The molecular weight excluding hydrogens is 302 g/mol. The molecule has 2 aromatic heterocycles. The summed E-state index contributed by atoms with van der Waals surface area (Å²) < 4.78 is 0.892. The Kier molecular flexibility index (Phi) is 4.91. The zero-order valence-corrected chi connectivity index (χ0v) is 12.8. The van der Waals surface area contributed by atoms with Crippen LogP contribution in [-0.4, -0.2) is 16.0 Å². The highest BCUT2D eigenvalue weighted by Gasteiger charge is 2.20. The molecule has 3 nitrogen and oxygen atoms in total. The summed E-state index contributed by atoms with van der Waals surface area (Å²) in [5, 5.41) is 3.33. The second kappa shape index (κ2) is 6.66. The SMILES string of the molecule is Cc1ccc(Br)nc1.Cc1ccc(NC2CC2)nc1. The minimum atomic E-state index is 0.699. The standard InChI is InChI=1S/C9H12N2.C6H6BrN/c1-7-2-5-9(10-6-7)11-8-3-4-8;1-5-2-3-6(7)8-4-5/h2,5-6,8H,3-4H2,1H3,(H,10,11);2-4H,1H3. The van der Waals surface area contributed by atoms with E-state index in [0.717, 1.165) is 10.4 Å². The first kappa shape index (κ1) is 14.0. The predicted molar refractivity (Wildman–Crippen MR) is 82.3 cm³/mol. The number of anilines is 1. The summed E-state index contributed by atoms with van der Waals surface area (Å²) in [4.78, 5) is 8.24. The van der Waals surface area contributed by atoms with E-state index in [4.69, 9.17) is 0 Å². The van der Waals surface area contributed by atoms with Crippen LogP contribution in [0.5, 0.6) is 0 Å². The molecule has 2 aromatic rings. The number of hydrogen-bond donors (Lipinski definition) is 1. The van der Waals surface area contributed by atoms with Gasteiger partial charge in [0.05, 0.1) is 0 Å². The van der Waals surface area contributed by atoms with Crippen LogP contribution < -0.4 is 5.32 Å². The second-order valence-electron chi connectivity index (χ2n) is 4.80. The number of aryl methyl sites for hydroxylation is 2. The molecule has 0 aliphatic heterocycles. The summed E-state index contributed by atoms with van der Waals surface area (Å²) in [6.45, 7) is 4.06. The van der Waals surface area contributed by atoms with Gasteiger partial charge in [0.25, 0.3) is 0 Å². The van der Waals surface area contributed by atoms with Crippen molar-refractivity contribution in [3.05, 3.63) is 52.4 Å². The van der Waals surface area contributed by atoms with Gasteiger partial charge >= 0.3 is 0 Å². The molecule has 0 bridgehead atoms. The van der Waals surface area contributed by atoms with Gasteiger partial charge in [-0.25, -0.2) is 9.97 Å². The maximum Gasteiger partial charge on any atom is 0.126 e. The Hall–Kier alpha value is -1.42. The maximum atomic E-state index is 4.25. The fourth-order valence-electron chi connectivity index (χ4n) is 1.44. The number of halogens is 1. The van der Waals surface area contributed by atoms with Crippen LogP contribution >= 0.6 is 15.9 Å². The Labute approximate surface area is 122 Å². The lowest BCUT2D eigenvalue weighted by Gasteiger charge is -2.01. The van der Waals surface area contributed by atoms with E-state index in [2.05, 4.69) is 37.3 Å². The molecule has 1 aliphatic carbocycles. The Morgan fingerprint density at radius 1 is 1.00 bits per heavy atom. The zero-order valence-electron chi connectivity index (χ0n) is 11.2. The zero-order chi connectivity index (χ0) is 13.7. The monoisotopic (exact) mass is 319 g/mol. The molecular formula is C15H18BrN3. The summed E-state index contributed by atoms with van der Waals surface area (Å²) in [5.41, 5.74) is 2.40. The minimum absolute atomic E-state index is 0.699. The van der Waals surface area contributed by atoms with E-state index in [1.807, 2.05) is 44.4 Å². The van der Waals surface area contributed by atoms with Gasteiger partial charge in [-0.15, -0.1) is 0 Å². The average Bonchev–Trinajstić information content (AvgIpc) is 3.21. The van der Waals surface area contributed by atoms with E-state index in [0.29, 0.717) is 6.04 Å². The lowest BCUT2D eigenvalue weighted by molar-refractivity contribution is 1.11. The summed E-state index contributed by atoms with van der Waals surface area (Å²) in [5.74, 6) is 1.01. The number of nitrogens with zero attached hydrogens (tertiary/aromatic N) is 2. The molecule has 3 rings (SSSR count). The molecule has 1 fully saturated rings. The van der Waals surface area contributed by atoms with Gasteiger partial charge in [0, 0.05) is 18.4 Å². The summed E-state index contributed by atoms with van der Waals surface area (Å²) >= 11 is 3.23. The van der Waals surface area contributed by atoms with Crippen LogP contribution in [0.25, 0.3) is 0 Å². The number of aromatic nitrogens is 2. The van der Waals surface area contributed by atoms with E-state index in [-0.39, 0.29) is 0 Å². The smallest absolute Gasteiger partial charge is 0.126 e. The van der Waals surface area contributed by atoms with Crippen molar-refractivity contribution in [3.8, 4) is 0 Å². The maximum absolute atomic E-state index is 4.25. The van der Waals surface area contributed by atoms with Gasteiger partial charge in [-0.1, -0.05) is 12.1 Å². The summed E-state index contributed by atoms with van der Waals surface area (Å²) in [6.07, 6.45) is 6.32. The van der Waals surface area contributed by atoms with Gasteiger partial charge in [-0.05, 0) is 65.9 Å². The Bertz CT molecular complexity index is 483. The molecule has 1 N–H and O–H groups in total. The van der Waals surface area contributed by atoms with Crippen molar-refractivity contribution in [1.82, 2.24) is 9.97 Å². The van der Waals surface area contributed by atoms with Gasteiger partial charge < -0.3 is 5.32 Å². The number of rotatable bonds is 2. The third-order valence-electron chi connectivity index (χ3n) is 2.72. The Balaban J connectivity index is 0.000000148. The Morgan fingerprint density at radius 2 is 1.63 bits per heavy atom. The average molecular weight is 320 g/mol.